The van der Waals surface area contributed by atoms with Crippen molar-refractivity contribution in [1.82, 2.24) is 4.98 Å². The second-order valence-electron chi connectivity index (χ2n) is 4.10. The molecule has 0 spiro atoms. The van der Waals surface area contributed by atoms with Crippen LogP contribution in [-0.4, -0.2) is 12.1 Å². The number of nitrogens with zero attached hydrogens (tertiary/aromatic N) is 1. The van der Waals surface area contributed by atoms with Gasteiger partial charge < -0.3 is 10.5 Å². The summed E-state index contributed by atoms with van der Waals surface area (Å²) >= 11 is 5.18. The molecule has 0 bridgehead atoms. The van der Waals surface area contributed by atoms with Crippen molar-refractivity contribution in [3.05, 3.63) is 33.2 Å². The van der Waals surface area contributed by atoms with E-state index in [1.54, 1.807) is 18.4 Å². The van der Waals surface area contributed by atoms with Crippen LogP contribution in [0.1, 0.15) is 23.5 Å². The summed E-state index contributed by atoms with van der Waals surface area (Å²) in [7, 11) is 1.66. The number of hydrogen-bond donors (Lipinski definition) is 1. The van der Waals surface area contributed by atoms with Gasteiger partial charge in [0, 0.05) is 21.0 Å². The zero-order valence-electron chi connectivity index (χ0n) is 10.5. The lowest BCUT2D eigenvalue weighted by molar-refractivity contribution is 0.415. The lowest BCUT2D eigenvalue weighted by Gasteiger charge is -2.04. The molecule has 0 saturated carbocycles. The maximum absolute atomic E-state index is 5.93. The summed E-state index contributed by atoms with van der Waals surface area (Å²) in [5.74, 6) is 0.823. The van der Waals surface area contributed by atoms with Crippen LogP contribution in [0.25, 0.3) is 10.6 Å². The number of halogens is 1. The third-order valence-electron chi connectivity index (χ3n) is 2.65. The number of rotatable bonds is 3. The van der Waals surface area contributed by atoms with Crippen molar-refractivity contribution in [2.24, 2.45) is 5.73 Å². The number of hydrogen-bond acceptors (Lipinski definition) is 4. The molecule has 1 atom stereocenters. The van der Waals surface area contributed by atoms with Crippen molar-refractivity contribution >= 4 is 27.3 Å². The predicted molar refractivity (Wildman–Crippen MR) is 79.1 cm³/mol. The Morgan fingerprint density at radius 3 is 2.72 bits per heavy atom. The van der Waals surface area contributed by atoms with Gasteiger partial charge in [-0.1, -0.05) is 15.9 Å². The Morgan fingerprint density at radius 2 is 2.17 bits per heavy atom. The van der Waals surface area contributed by atoms with Gasteiger partial charge in [-0.15, -0.1) is 11.3 Å². The average molecular weight is 327 g/mol. The fraction of sp³-hybridized carbons (Fsp3) is 0.308. The lowest BCUT2D eigenvalue weighted by Crippen LogP contribution is -2.03. The van der Waals surface area contributed by atoms with E-state index in [1.807, 2.05) is 32.0 Å². The Labute approximate surface area is 119 Å². The molecule has 0 aliphatic heterocycles. The van der Waals surface area contributed by atoms with Gasteiger partial charge in [0.25, 0.3) is 0 Å². The molecule has 3 nitrogen and oxygen atoms in total. The van der Waals surface area contributed by atoms with Gasteiger partial charge in [0.05, 0.1) is 12.8 Å². The second kappa shape index (κ2) is 5.38. The standard InChI is InChI=1S/C13H15BrN2OS/c1-7(15)12-8(2)16-13(18-12)10-6-9(17-3)4-5-11(10)14/h4-7H,15H2,1-3H3. The maximum atomic E-state index is 5.93. The molecule has 1 unspecified atom stereocenters. The minimum Gasteiger partial charge on any atom is -0.497 e. The third-order valence-corrected chi connectivity index (χ3v) is 4.73. The predicted octanol–water partition coefficient (Wildman–Crippen LogP) is 3.91. The topological polar surface area (TPSA) is 48.1 Å². The molecule has 0 aliphatic carbocycles. The van der Waals surface area contributed by atoms with Crippen molar-refractivity contribution in [3.8, 4) is 16.3 Å². The molecule has 0 saturated heterocycles. The highest BCUT2D eigenvalue weighted by Gasteiger charge is 2.14. The SMILES string of the molecule is COc1ccc(Br)c(-c2nc(C)c(C(C)N)s2)c1. The van der Waals surface area contributed by atoms with Crippen molar-refractivity contribution in [1.29, 1.82) is 0 Å². The molecule has 0 fully saturated rings. The largest absolute Gasteiger partial charge is 0.497 e. The van der Waals surface area contributed by atoms with Gasteiger partial charge in [-0.25, -0.2) is 4.98 Å². The van der Waals surface area contributed by atoms with Crippen molar-refractivity contribution in [2.45, 2.75) is 19.9 Å². The summed E-state index contributed by atoms with van der Waals surface area (Å²) in [6.07, 6.45) is 0. The molecule has 5 heteroatoms. The minimum atomic E-state index is 0.0145. The fourth-order valence-corrected chi connectivity index (χ4v) is 3.36. The number of benzene rings is 1. The first-order valence-corrected chi connectivity index (χ1v) is 7.20. The molecule has 1 aromatic carbocycles. The van der Waals surface area contributed by atoms with Crippen LogP contribution in [0.5, 0.6) is 5.75 Å². The lowest BCUT2D eigenvalue weighted by atomic mass is 10.2. The smallest absolute Gasteiger partial charge is 0.125 e. The molecule has 1 aromatic heterocycles. The Kier molecular flexibility index (Phi) is 4.04. The van der Waals surface area contributed by atoms with Crippen LogP contribution in [0.15, 0.2) is 22.7 Å². The summed E-state index contributed by atoms with van der Waals surface area (Å²) in [6.45, 7) is 3.97. The Morgan fingerprint density at radius 1 is 1.44 bits per heavy atom. The van der Waals surface area contributed by atoms with Gasteiger partial charge in [-0.3, -0.25) is 0 Å². The van der Waals surface area contributed by atoms with E-state index in [0.717, 1.165) is 31.4 Å². The summed E-state index contributed by atoms with van der Waals surface area (Å²) in [6, 6.07) is 5.88. The van der Waals surface area contributed by atoms with E-state index in [1.165, 1.54) is 0 Å². The van der Waals surface area contributed by atoms with Crippen LogP contribution >= 0.6 is 27.3 Å². The van der Waals surface area contributed by atoms with Gasteiger partial charge in [0.2, 0.25) is 0 Å². The van der Waals surface area contributed by atoms with Crippen LogP contribution in [0.2, 0.25) is 0 Å². The quantitative estimate of drug-likeness (QED) is 0.930. The molecule has 0 aliphatic rings. The zero-order valence-corrected chi connectivity index (χ0v) is 12.9. The Bertz CT molecular complexity index is 566. The number of aromatic nitrogens is 1. The molecule has 1 heterocycles. The van der Waals surface area contributed by atoms with Gasteiger partial charge in [-0.05, 0) is 32.0 Å². The van der Waals surface area contributed by atoms with Crippen LogP contribution in [-0.2, 0) is 0 Å². The molecule has 96 valence electrons. The van der Waals surface area contributed by atoms with Gasteiger partial charge >= 0.3 is 0 Å². The van der Waals surface area contributed by atoms with Crippen LogP contribution < -0.4 is 10.5 Å². The molecular formula is C13H15BrN2OS. The van der Waals surface area contributed by atoms with Crippen molar-refractivity contribution in [2.75, 3.05) is 7.11 Å². The highest BCUT2D eigenvalue weighted by molar-refractivity contribution is 9.10. The van der Waals surface area contributed by atoms with E-state index in [-0.39, 0.29) is 6.04 Å². The summed E-state index contributed by atoms with van der Waals surface area (Å²) in [5.41, 5.74) is 7.97. The van der Waals surface area contributed by atoms with Crippen LogP contribution in [0.4, 0.5) is 0 Å². The maximum Gasteiger partial charge on any atom is 0.125 e. The fourth-order valence-electron chi connectivity index (χ4n) is 1.74. The monoisotopic (exact) mass is 326 g/mol. The highest BCUT2D eigenvalue weighted by Crippen LogP contribution is 2.36. The minimum absolute atomic E-state index is 0.0145. The van der Waals surface area contributed by atoms with Crippen LogP contribution in [0, 0.1) is 6.92 Å². The second-order valence-corrected chi connectivity index (χ2v) is 5.99. The van der Waals surface area contributed by atoms with E-state index in [0.29, 0.717) is 0 Å². The Balaban J connectivity index is 2.51. The molecule has 2 N–H and O–H groups in total. The van der Waals surface area contributed by atoms with Gasteiger partial charge in [-0.2, -0.15) is 0 Å². The first kappa shape index (κ1) is 13.5. The van der Waals surface area contributed by atoms with E-state index >= 15 is 0 Å². The number of nitrogens with two attached hydrogens (primary N) is 1. The van der Waals surface area contributed by atoms with E-state index < -0.39 is 0 Å². The molecule has 18 heavy (non-hydrogen) atoms. The first-order chi connectivity index (χ1) is 8.52. The third kappa shape index (κ3) is 2.58. The van der Waals surface area contributed by atoms with E-state index in [4.69, 9.17) is 10.5 Å². The van der Waals surface area contributed by atoms with E-state index in [2.05, 4.69) is 20.9 Å². The van der Waals surface area contributed by atoms with Crippen molar-refractivity contribution < 1.29 is 4.74 Å². The first-order valence-electron chi connectivity index (χ1n) is 5.59. The van der Waals surface area contributed by atoms with E-state index in [9.17, 15) is 0 Å². The highest BCUT2D eigenvalue weighted by atomic mass is 79.9. The average Bonchev–Trinajstić information content (AvgIpc) is 2.72. The molecular weight excluding hydrogens is 312 g/mol. The normalized spacial score (nSPS) is 12.5. The zero-order chi connectivity index (χ0) is 13.3. The molecule has 2 aromatic rings. The van der Waals surface area contributed by atoms with Gasteiger partial charge in [0.15, 0.2) is 0 Å². The van der Waals surface area contributed by atoms with Gasteiger partial charge in [0.1, 0.15) is 10.8 Å². The Hall–Kier alpha value is -0.910. The van der Waals surface area contributed by atoms with Crippen LogP contribution in [0.3, 0.4) is 0 Å². The number of methoxy groups -OCH3 is 1. The number of ether oxygens (including phenoxy) is 1. The molecule has 0 radical (unpaired) electrons. The number of thiazole rings is 1. The summed E-state index contributed by atoms with van der Waals surface area (Å²) in [4.78, 5) is 5.72. The molecule has 2 rings (SSSR count). The van der Waals surface area contributed by atoms with Crippen molar-refractivity contribution in [3.63, 3.8) is 0 Å². The molecule has 0 amide bonds. The number of aryl methyl sites for hydroxylation is 1. The summed E-state index contributed by atoms with van der Waals surface area (Å²) < 4.78 is 6.25. The summed E-state index contributed by atoms with van der Waals surface area (Å²) in [5, 5.41) is 0.963.